The van der Waals surface area contributed by atoms with Crippen molar-refractivity contribution in [1.82, 2.24) is 20.4 Å². The van der Waals surface area contributed by atoms with Crippen LogP contribution in [-0.4, -0.2) is 96.8 Å². The molecule has 12 heteroatoms. The molecule has 0 radical (unpaired) electrons. The predicted octanol–water partition coefficient (Wildman–Crippen LogP) is 2.65. The molecule has 0 spiro atoms. The van der Waals surface area contributed by atoms with Crippen molar-refractivity contribution in [2.45, 2.75) is 102 Å². The number of likely N-dealkylation sites (N-methyl/N-ethyl adjacent to an activating group) is 2. The van der Waals surface area contributed by atoms with Gasteiger partial charge in [0.1, 0.15) is 6.04 Å². The fraction of sp³-hybridized carbons (Fsp3) is 0.676. The fourth-order valence-corrected chi connectivity index (χ4v) is 5.84. The smallest absolute Gasteiger partial charge is 0.401 e. The van der Waals surface area contributed by atoms with E-state index in [1.165, 1.54) is 19.0 Å². The Balaban J connectivity index is 2.14. The number of amides is 3. The number of alkyl halides is 3. The molecule has 0 saturated heterocycles. The first-order valence-electron chi connectivity index (χ1n) is 16.1. The molecule has 0 aliphatic heterocycles. The maximum Gasteiger partial charge on any atom is 0.401 e. The van der Waals surface area contributed by atoms with Crippen LogP contribution < -0.4 is 15.7 Å². The molecule has 1 aliphatic rings. The number of hydrogen-bond donors (Lipinski definition) is 3. The molecule has 0 heterocycles. The number of aliphatic hydroxyl groups is 1. The molecule has 1 aliphatic carbocycles. The van der Waals surface area contributed by atoms with E-state index in [0.29, 0.717) is 6.42 Å². The van der Waals surface area contributed by atoms with Crippen molar-refractivity contribution in [1.29, 1.82) is 0 Å². The number of terminal acetylenes is 1. The molecule has 46 heavy (non-hydrogen) atoms. The summed E-state index contributed by atoms with van der Waals surface area (Å²) < 4.78 is 38.1. The summed E-state index contributed by atoms with van der Waals surface area (Å²) in [6, 6.07) is 7.18. The van der Waals surface area contributed by atoms with E-state index in [1.54, 1.807) is 19.1 Å². The van der Waals surface area contributed by atoms with Crippen molar-refractivity contribution in [3.63, 3.8) is 0 Å². The Hall–Kier alpha value is -3.14. The van der Waals surface area contributed by atoms with Gasteiger partial charge in [-0.1, -0.05) is 75.5 Å². The number of hydrogen-bond acceptors (Lipinski definition) is 6. The Labute approximate surface area is 271 Å². The quantitative estimate of drug-likeness (QED) is 0.210. The summed E-state index contributed by atoms with van der Waals surface area (Å²) in [4.78, 5) is 42.6. The van der Waals surface area contributed by atoms with Gasteiger partial charge in [-0.2, -0.15) is 13.2 Å². The molecule has 0 aromatic heterocycles. The molecular weight excluding hydrogens is 601 g/mol. The van der Waals surface area contributed by atoms with Gasteiger partial charge in [-0.3, -0.25) is 19.3 Å². The Morgan fingerprint density at radius 1 is 1.07 bits per heavy atom. The highest BCUT2D eigenvalue weighted by Gasteiger charge is 2.32. The Morgan fingerprint density at radius 3 is 2.30 bits per heavy atom. The zero-order chi connectivity index (χ0) is 34.3. The first-order chi connectivity index (χ1) is 21.7. The lowest BCUT2D eigenvalue weighted by atomic mass is 9.82. The topological polar surface area (TPSA) is 125 Å². The highest BCUT2D eigenvalue weighted by atomic mass is 19.4. The summed E-state index contributed by atoms with van der Waals surface area (Å²) in [6.45, 7) is 0.640. The number of rotatable bonds is 18. The second kappa shape index (κ2) is 19.5. The summed E-state index contributed by atoms with van der Waals surface area (Å²) in [5.41, 5.74) is 0.796. The zero-order valence-corrected chi connectivity index (χ0v) is 27.2. The van der Waals surface area contributed by atoms with Crippen molar-refractivity contribution in [2.24, 2.45) is 11.8 Å². The third-order valence-corrected chi connectivity index (χ3v) is 8.59. The van der Waals surface area contributed by atoms with Gasteiger partial charge in [0.15, 0.2) is 0 Å². The summed E-state index contributed by atoms with van der Waals surface area (Å²) >= 11 is 0. The van der Waals surface area contributed by atoms with Gasteiger partial charge in [0.25, 0.3) is 0 Å². The van der Waals surface area contributed by atoms with Crippen LogP contribution in [0.25, 0.3) is 0 Å². The van der Waals surface area contributed by atoms with E-state index in [1.807, 2.05) is 18.2 Å². The number of carbonyl (C=O) groups is 3. The first kappa shape index (κ1) is 39.0. The van der Waals surface area contributed by atoms with Gasteiger partial charge in [-0.25, -0.2) is 0 Å². The maximum atomic E-state index is 13.6. The monoisotopic (exact) mass is 651 g/mol. The standard InChI is InChI=1S/C34H50F3N4O5/c1-5-13-29(42)31(44)28(21-25-16-11-8-12-17-25)39-33(46)27(6-2)38-32(45)26(20-24-14-9-7-10-15-24)22-30(43)41(4)19-18-40(3)23-34(35,36)37/h1,7,9-10,14-15,25-29,31,42H,6,8,11-13,16-23H2,2-4H3,(H,38,45)(H,39,46)/q-1/t26?,27-,28-,29-,31+/m0/s1. The SMILES string of the molecule is C#CC[C@H](O)[C@H]([O-])[C@H](CC1CCCCC1)NC(=O)[C@H](CC)NC(=O)C(CC(=O)N(C)CCN(C)CC(F)(F)F)Cc1ccccc1. The van der Waals surface area contributed by atoms with Crippen LogP contribution in [0.2, 0.25) is 0 Å². The van der Waals surface area contributed by atoms with Crippen LogP contribution in [0.15, 0.2) is 30.3 Å². The minimum Gasteiger partial charge on any atom is -0.849 e. The van der Waals surface area contributed by atoms with E-state index < -0.39 is 60.7 Å². The summed E-state index contributed by atoms with van der Waals surface area (Å²) in [7, 11) is 2.79. The van der Waals surface area contributed by atoms with Gasteiger partial charge >= 0.3 is 6.18 Å². The van der Waals surface area contributed by atoms with Crippen molar-refractivity contribution in [3.8, 4) is 12.3 Å². The molecule has 9 nitrogen and oxygen atoms in total. The van der Waals surface area contributed by atoms with E-state index >= 15 is 0 Å². The van der Waals surface area contributed by atoms with Gasteiger partial charge in [0.2, 0.25) is 17.7 Å². The number of benzene rings is 1. The Kier molecular flexibility index (Phi) is 16.6. The van der Waals surface area contributed by atoms with E-state index in [9.17, 15) is 37.8 Å². The zero-order valence-electron chi connectivity index (χ0n) is 27.2. The largest absolute Gasteiger partial charge is 0.849 e. The summed E-state index contributed by atoms with van der Waals surface area (Å²) in [6.07, 6.45) is 3.60. The molecule has 1 aromatic carbocycles. The molecule has 1 unspecified atom stereocenters. The van der Waals surface area contributed by atoms with Crippen LogP contribution in [0.4, 0.5) is 13.2 Å². The molecule has 1 fully saturated rings. The Bertz CT molecular complexity index is 1120. The molecule has 1 aromatic rings. The van der Waals surface area contributed by atoms with Crippen molar-refractivity contribution < 1.29 is 37.8 Å². The molecular formula is C34H50F3N4O5-. The second-order valence-electron chi connectivity index (χ2n) is 12.5. The number of nitrogens with one attached hydrogen (secondary N) is 2. The number of aliphatic hydroxyl groups excluding tert-OH is 1. The molecule has 5 atom stereocenters. The average molecular weight is 652 g/mol. The molecule has 1 saturated carbocycles. The van der Waals surface area contributed by atoms with Crippen LogP contribution in [-0.2, 0) is 20.8 Å². The highest BCUT2D eigenvalue weighted by molar-refractivity contribution is 5.91. The minimum absolute atomic E-state index is 0.00580. The van der Waals surface area contributed by atoms with Gasteiger partial charge in [0.05, 0.1) is 18.6 Å². The third kappa shape index (κ3) is 14.1. The van der Waals surface area contributed by atoms with Crippen molar-refractivity contribution in [2.75, 3.05) is 33.7 Å². The highest BCUT2D eigenvalue weighted by Crippen LogP contribution is 2.28. The van der Waals surface area contributed by atoms with E-state index in [4.69, 9.17) is 6.42 Å². The second-order valence-corrected chi connectivity index (χ2v) is 12.5. The average Bonchev–Trinajstić information content (AvgIpc) is 3.01. The van der Waals surface area contributed by atoms with Crippen LogP contribution >= 0.6 is 0 Å². The molecule has 2 rings (SSSR count). The van der Waals surface area contributed by atoms with E-state index in [-0.39, 0.29) is 44.7 Å². The lowest BCUT2D eigenvalue weighted by Crippen LogP contribution is -2.59. The Morgan fingerprint density at radius 2 is 1.72 bits per heavy atom. The van der Waals surface area contributed by atoms with Crippen LogP contribution in [0.1, 0.15) is 70.3 Å². The molecule has 3 amide bonds. The van der Waals surface area contributed by atoms with Crippen LogP contribution in [0, 0.1) is 24.2 Å². The predicted molar refractivity (Wildman–Crippen MR) is 168 cm³/mol. The molecule has 0 bridgehead atoms. The van der Waals surface area contributed by atoms with E-state index in [2.05, 4.69) is 16.6 Å². The van der Waals surface area contributed by atoms with Gasteiger partial charge in [0, 0.05) is 39.0 Å². The van der Waals surface area contributed by atoms with Crippen LogP contribution in [0.3, 0.4) is 0 Å². The van der Waals surface area contributed by atoms with Crippen molar-refractivity contribution in [3.05, 3.63) is 35.9 Å². The van der Waals surface area contributed by atoms with Crippen molar-refractivity contribution >= 4 is 17.7 Å². The normalized spacial score (nSPS) is 17.3. The number of halogens is 3. The van der Waals surface area contributed by atoms with E-state index in [0.717, 1.165) is 42.6 Å². The van der Waals surface area contributed by atoms with Gasteiger partial charge in [-0.15, -0.1) is 12.3 Å². The lowest BCUT2D eigenvalue weighted by molar-refractivity contribution is -0.444. The molecule has 258 valence electrons. The third-order valence-electron chi connectivity index (χ3n) is 8.59. The summed E-state index contributed by atoms with van der Waals surface area (Å²) in [5.74, 6) is 0.161. The maximum absolute atomic E-state index is 13.6. The number of carbonyl (C=O) groups excluding carboxylic acids is 3. The van der Waals surface area contributed by atoms with Gasteiger partial charge in [-0.05, 0) is 37.8 Å². The fourth-order valence-electron chi connectivity index (χ4n) is 5.84. The number of nitrogens with zero attached hydrogens (tertiary/aromatic N) is 2. The van der Waals surface area contributed by atoms with Gasteiger partial charge < -0.3 is 25.7 Å². The summed E-state index contributed by atoms with van der Waals surface area (Å²) in [5, 5.41) is 29.1. The lowest BCUT2D eigenvalue weighted by Gasteiger charge is -2.39. The first-order valence-corrected chi connectivity index (χ1v) is 16.1. The van der Waals surface area contributed by atoms with Crippen LogP contribution in [0.5, 0.6) is 0 Å². The molecule has 3 N–H and O–H groups in total. The minimum atomic E-state index is -4.36.